The van der Waals surface area contributed by atoms with Crippen molar-refractivity contribution in [2.45, 2.75) is 25.0 Å². The van der Waals surface area contributed by atoms with E-state index in [1.165, 1.54) is 0 Å². The molecule has 1 unspecified atom stereocenters. The van der Waals surface area contributed by atoms with Gasteiger partial charge in [-0.3, -0.25) is 9.89 Å². The van der Waals surface area contributed by atoms with Crippen LogP contribution in [0.1, 0.15) is 24.5 Å². The van der Waals surface area contributed by atoms with Gasteiger partial charge in [-0.15, -0.1) is 0 Å². The third kappa shape index (κ3) is 5.33. The Morgan fingerprint density at radius 3 is 2.65 bits per heavy atom. The summed E-state index contributed by atoms with van der Waals surface area (Å²) in [6.45, 7) is 1.94. The van der Waals surface area contributed by atoms with Gasteiger partial charge < -0.3 is 20.1 Å². The molecule has 2 aromatic carbocycles. The van der Waals surface area contributed by atoms with Crippen molar-refractivity contribution in [1.29, 1.82) is 0 Å². The molecule has 4 rings (SSSR count). The van der Waals surface area contributed by atoms with Crippen molar-refractivity contribution in [3.8, 4) is 16.9 Å². The Morgan fingerprint density at radius 1 is 1.23 bits per heavy atom. The highest BCUT2D eigenvalue weighted by Crippen LogP contribution is 2.33. The molecule has 0 aliphatic carbocycles. The van der Waals surface area contributed by atoms with Crippen molar-refractivity contribution in [3.05, 3.63) is 64.9 Å². The maximum Gasteiger partial charge on any atom is 0.257 e. The average molecular weight is 485 g/mol. The van der Waals surface area contributed by atoms with E-state index in [1.54, 1.807) is 36.5 Å². The summed E-state index contributed by atoms with van der Waals surface area (Å²) in [4.78, 5) is 15.0. The van der Waals surface area contributed by atoms with E-state index in [1.807, 2.05) is 18.3 Å². The third-order valence-electron chi connectivity index (χ3n) is 5.46. The number of rotatable bonds is 6. The van der Waals surface area contributed by atoms with Crippen LogP contribution in [0.15, 0.2) is 59.3 Å². The summed E-state index contributed by atoms with van der Waals surface area (Å²) in [6, 6.07) is 12.6. The molecule has 0 bridgehead atoms. The first kappa shape index (κ1) is 21.5. The van der Waals surface area contributed by atoms with E-state index in [4.69, 9.17) is 4.74 Å². The number of benzene rings is 2. The van der Waals surface area contributed by atoms with Crippen LogP contribution in [-0.2, 0) is 4.79 Å². The first-order valence-corrected chi connectivity index (χ1v) is 11.0. The van der Waals surface area contributed by atoms with E-state index >= 15 is 0 Å². The fourth-order valence-electron chi connectivity index (χ4n) is 3.59. The van der Waals surface area contributed by atoms with E-state index in [0.29, 0.717) is 17.0 Å². The third-order valence-corrected chi connectivity index (χ3v) is 5.99. The Kier molecular flexibility index (Phi) is 6.70. The zero-order valence-corrected chi connectivity index (χ0v) is 18.8. The van der Waals surface area contributed by atoms with Crippen LogP contribution in [0.2, 0.25) is 0 Å². The molecule has 0 radical (unpaired) electrons. The molecule has 8 heteroatoms. The number of H-pyrrole nitrogens is 1. The lowest BCUT2D eigenvalue weighted by Crippen LogP contribution is -2.35. The van der Waals surface area contributed by atoms with Crippen molar-refractivity contribution < 1.29 is 14.6 Å². The van der Waals surface area contributed by atoms with E-state index in [0.717, 1.165) is 41.5 Å². The molecule has 3 aromatic rings. The fourth-order valence-corrected chi connectivity index (χ4v) is 3.86. The van der Waals surface area contributed by atoms with Gasteiger partial charge >= 0.3 is 0 Å². The number of nitrogens with one attached hydrogen (secondary N) is 2. The summed E-state index contributed by atoms with van der Waals surface area (Å²) >= 11 is 3.36. The standard InChI is InChI=1S/C23H25BrN4O3/c1-28-10-8-19(9-11-28)31-21-12-16(17-13-25-26-14-17)4-7-20(21)27-23(30)22(29)15-2-5-18(24)6-3-15/h2-7,12-14,19,22,29H,8-11H2,1H3,(H,25,26)(H,27,30). The summed E-state index contributed by atoms with van der Waals surface area (Å²) in [5.41, 5.74) is 2.92. The molecule has 2 heterocycles. The number of amides is 1. The number of aliphatic hydroxyl groups excluding tert-OH is 1. The van der Waals surface area contributed by atoms with Gasteiger partial charge in [-0.05, 0) is 55.3 Å². The molecule has 7 nitrogen and oxygen atoms in total. The Labute approximate surface area is 189 Å². The van der Waals surface area contributed by atoms with Crippen molar-refractivity contribution in [3.63, 3.8) is 0 Å². The molecule has 1 aliphatic rings. The van der Waals surface area contributed by atoms with Gasteiger partial charge in [0.25, 0.3) is 5.91 Å². The summed E-state index contributed by atoms with van der Waals surface area (Å²) in [5, 5.41) is 20.2. The number of aromatic nitrogens is 2. The Morgan fingerprint density at radius 2 is 1.97 bits per heavy atom. The predicted octanol–water partition coefficient (Wildman–Crippen LogP) is 3.98. The normalized spacial score (nSPS) is 16.1. The van der Waals surface area contributed by atoms with Crippen LogP contribution in [0.25, 0.3) is 11.1 Å². The number of likely N-dealkylation sites (tertiary alicyclic amines) is 1. The van der Waals surface area contributed by atoms with Crippen LogP contribution in [0, 0.1) is 0 Å². The van der Waals surface area contributed by atoms with Crippen molar-refractivity contribution >= 4 is 27.5 Å². The maximum atomic E-state index is 12.7. The van der Waals surface area contributed by atoms with Gasteiger partial charge in [0.15, 0.2) is 6.10 Å². The van der Waals surface area contributed by atoms with Gasteiger partial charge in [0.05, 0.1) is 11.9 Å². The number of piperidine rings is 1. The summed E-state index contributed by atoms with van der Waals surface area (Å²) in [7, 11) is 2.10. The Bertz CT molecular complexity index is 1020. The maximum absolute atomic E-state index is 12.7. The molecule has 1 aromatic heterocycles. The number of aromatic amines is 1. The van der Waals surface area contributed by atoms with Crippen LogP contribution in [0.5, 0.6) is 5.75 Å². The van der Waals surface area contributed by atoms with Crippen molar-refractivity contribution in [1.82, 2.24) is 15.1 Å². The average Bonchev–Trinajstić information content (AvgIpc) is 3.31. The predicted molar refractivity (Wildman–Crippen MR) is 123 cm³/mol. The molecule has 162 valence electrons. The SMILES string of the molecule is CN1CCC(Oc2cc(-c3cn[nH]c3)ccc2NC(=O)C(O)c2ccc(Br)cc2)CC1. The zero-order chi connectivity index (χ0) is 21.8. The first-order valence-electron chi connectivity index (χ1n) is 10.2. The van der Waals surface area contributed by atoms with Crippen LogP contribution in [0.4, 0.5) is 5.69 Å². The highest BCUT2D eigenvalue weighted by molar-refractivity contribution is 9.10. The second-order valence-corrected chi connectivity index (χ2v) is 8.68. The lowest BCUT2D eigenvalue weighted by molar-refractivity contribution is -0.124. The lowest BCUT2D eigenvalue weighted by atomic mass is 10.1. The molecule has 0 spiro atoms. The molecular weight excluding hydrogens is 460 g/mol. The number of ether oxygens (including phenoxy) is 1. The van der Waals surface area contributed by atoms with E-state index in [9.17, 15) is 9.90 Å². The molecule has 31 heavy (non-hydrogen) atoms. The number of hydrogen-bond donors (Lipinski definition) is 3. The second kappa shape index (κ2) is 9.64. The van der Waals surface area contributed by atoms with Gasteiger partial charge in [-0.1, -0.05) is 34.1 Å². The molecule has 1 amide bonds. The minimum Gasteiger partial charge on any atom is -0.488 e. The number of carbonyl (C=O) groups excluding carboxylic acids is 1. The van der Waals surface area contributed by atoms with Crippen LogP contribution in [-0.4, -0.2) is 52.4 Å². The number of halogens is 1. The minimum atomic E-state index is -1.28. The Hall–Kier alpha value is -2.68. The van der Waals surface area contributed by atoms with Gasteiger partial charge in [0.1, 0.15) is 11.9 Å². The smallest absolute Gasteiger partial charge is 0.257 e. The topological polar surface area (TPSA) is 90.5 Å². The first-order chi connectivity index (χ1) is 15.0. The molecule has 3 N–H and O–H groups in total. The zero-order valence-electron chi connectivity index (χ0n) is 17.2. The van der Waals surface area contributed by atoms with Crippen molar-refractivity contribution in [2.24, 2.45) is 0 Å². The molecular formula is C23H25BrN4O3. The van der Waals surface area contributed by atoms with E-state index < -0.39 is 12.0 Å². The second-order valence-electron chi connectivity index (χ2n) is 7.76. The number of carbonyl (C=O) groups is 1. The lowest BCUT2D eigenvalue weighted by Gasteiger charge is -2.30. The monoisotopic (exact) mass is 484 g/mol. The summed E-state index contributed by atoms with van der Waals surface area (Å²) < 4.78 is 7.20. The van der Waals surface area contributed by atoms with Gasteiger partial charge in [-0.25, -0.2) is 0 Å². The quantitative estimate of drug-likeness (QED) is 0.492. The van der Waals surface area contributed by atoms with Gasteiger partial charge in [-0.2, -0.15) is 5.10 Å². The Balaban J connectivity index is 1.56. The van der Waals surface area contributed by atoms with Gasteiger partial charge in [0.2, 0.25) is 0 Å². The summed E-state index contributed by atoms with van der Waals surface area (Å²) in [6.07, 6.45) is 4.18. The highest BCUT2D eigenvalue weighted by atomic mass is 79.9. The van der Waals surface area contributed by atoms with Gasteiger partial charge in [0, 0.05) is 29.3 Å². The minimum absolute atomic E-state index is 0.0721. The van der Waals surface area contributed by atoms with Crippen LogP contribution >= 0.6 is 15.9 Å². The number of nitrogens with zero attached hydrogens (tertiary/aromatic N) is 2. The van der Waals surface area contributed by atoms with Crippen LogP contribution in [0.3, 0.4) is 0 Å². The van der Waals surface area contributed by atoms with Crippen LogP contribution < -0.4 is 10.1 Å². The number of anilines is 1. The van der Waals surface area contributed by atoms with Crippen molar-refractivity contribution in [2.75, 3.05) is 25.5 Å². The van der Waals surface area contributed by atoms with E-state index in [-0.39, 0.29) is 6.10 Å². The number of aliphatic hydroxyl groups is 1. The molecule has 1 fully saturated rings. The molecule has 0 saturated carbocycles. The summed E-state index contributed by atoms with van der Waals surface area (Å²) in [5.74, 6) is 0.0798. The number of hydrogen-bond acceptors (Lipinski definition) is 5. The molecule has 1 aliphatic heterocycles. The highest BCUT2D eigenvalue weighted by Gasteiger charge is 2.22. The van der Waals surface area contributed by atoms with E-state index in [2.05, 4.69) is 43.4 Å². The molecule has 1 atom stereocenters. The fraction of sp³-hybridized carbons (Fsp3) is 0.304. The molecule has 1 saturated heterocycles. The largest absolute Gasteiger partial charge is 0.488 e.